The monoisotopic (exact) mass is 251 g/mol. The van der Waals surface area contributed by atoms with E-state index in [1.54, 1.807) is 5.56 Å². The van der Waals surface area contributed by atoms with Crippen LogP contribution in [0.25, 0.3) is 10.9 Å². The molecular formula is C18H21N. The molecule has 0 unspecified atom stereocenters. The fourth-order valence-electron chi connectivity index (χ4n) is 5.95. The molecule has 0 aliphatic heterocycles. The van der Waals surface area contributed by atoms with Crippen molar-refractivity contribution in [2.24, 2.45) is 17.8 Å². The predicted octanol–water partition coefficient (Wildman–Crippen LogP) is 4.64. The van der Waals surface area contributed by atoms with Crippen molar-refractivity contribution < 1.29 is 0 Å². The number of aromatic amines is 1. The van der Waals surface area contributed by atoms with E-state index in [1.807, 2.05) is 0 Å². The van der Waals surface area contributed by atoms with Crippen molar-refractivity contribution in [3.63, 3.8) is 0 Å². The third-order valence-electron chi connectivity index (χ3n) is 6.20. The summed E-state index contributed by atoms with van der Waals surface area (Å²) in [6, 6.07) is 8.88. The van der Waals surface area contributed by atoms with E-state index in [9.17, 15) is 0 Å². The molecule has 1 N–H and O–H groups in total. The van der Waals surface area contributed by atoms with Crippen LogP contribution in [0.1, 0.15) is 44.1 Å². The largest absolute Gasteiger partial charge is 0.361 e. The van der Waals surface area contributed by atoms with E-state index in [-0.39, 0.29) is 0 Å². The molecule has 0 atom stereocenters. The van der Waals surface area contributed by atoms with Crippen molar-refractivity contribution in [3.05, 3.63) is 36.0 Å². The second-order valence-electron chi connectivity index (χ2n) is 7.45. The minimum Gasteiger partial charge on any atom is -0.361 e. The van der Waals surface area contributed by atoms with Gasteiger partial charge in [0.15, 0.2) is 0 Å². The maximum absolute atomic E-state index is 3.51. The lowest BCUT2D eigenvalue weighted by atomic mass is 9.48. The molecule has 4 aliphatic carbocycles. The predicted molar refractivity (Wildman–Crippen MR) is 78.1 cm³/mol. The van der Waals surface area contributed by atoms with Crippen molar-refractivity contribution in [3.8, 4) is 0 Å². The number of hydrogen-bond donors (Lipinski definition) is 1. The topological polar surface area (TPSA) is 15.8 Å². The Morgan fingerprint density at radius 2 is 1.53 bits per heavy atom. The van der Waals surface area contributed by atoms with Crippen LogP contribution in [0.2, 0.25) is 0 Å². The highest BCUT2D eigenvalue weighted by atomic mass is 14.7. The molecule has 2 aromatic rings. The molecule has 4 bridgehead atoms. The van der Waals surface area contributed by atoms with Gasteiger partial charge in [-0.05, 0) is 73.3 Å². The number of H-pyrrole nitrogens is 1. The van der Waals surface area contributed by atoms with Gasteiger partial charge in [0.05, 0.1) is 0 Å². The van der Waals surface area contributed by atoms with Gasteiger partial charge in [-0.3, -0.25) is 0 Å². The van der Waals surface area contributed by atoms with Gasteiger partial charge in [0.25, 0.3) is 0 Å². The van der Waals surface area contributed by atoms with Crippen LogP contribution >= 0.6 is 0 Å². The molecule has 4 saturated carbocycles. The van der Waals surface area contributed by atoms with E-state index < -0.39 is 0 Å². The fraction of sp³-hybridized carbons (Fsp3) is 0.556. The zero-order chi connectivity index (χ0) is 12.4. The Morgan fingerprint density at radius 1 is 0.895 bits per heavy atom. The Kier molecular flexibility index (Phi) is 1.91. The Bertz CT molecular complexity index is 601. The van der Waals surface area contributed by atoms with Gasteiger partial charge in [-0.25, -0.2) is 0 Å². The van der Waals surface area contributed by atoms with Crippen LogP contribution in [0.3, 0.4) is 0 Å². The van der Waals surface area contributed by atoms with Crippen molar-refractivity contribution in [1.29, 1.82) is 0 Å². The van der Waals surface area contributed by atoms with E-state index in [0.29, 0.717) is 5.41 Å². The molecule has 4 fully saturated rings. The van der Waals surface area contributed by atoms with Gasteiger partial charge in [0.2, 0.25) is 0 Å². The van der Waals surface area contributed by atoms with Crippen LogP contribution < -0.4 is 0 Å². The molecule has 6 rings (SSSR count). The van der Waals surface area contributed by atoms with Crippen LogP contribution in [-0.2, 0) is 5.41 Å². The molecule has 1 nitrogen and oxygen atoms in total. The molecule has 0 radical (unpaired) electrons. The standard InChI is InChI=1S/C18H21N/c1-2-4-17-15(3-1)16(11-19-17)18-8-12-5-13(9-18)7-14(6-12)10-18/h1-4,11-14,19H,5-10H2. The number of hydrogen-bond acceptors (Lipinski definition) is 0. The number of benzene rings is 1. The molecule has 1 heteroatoms. The normalized spacial score (nSPS) is 40.1. The van der Waals surface area contributed by atoms with Crippen molar-refractivity contribution in [2.75, 3.05) is 0 Å². The third-order valence-corrected chi connectivity index (χ3v) is 6.20. The summed E-state index contributed by atoms with van der Waals surface area (Å²) in [4.78, 5) is 3.51. The summed E-state index contributed by atoms with van der Waals surface area (Å²) in [6.07, 6.45) is 11.3. The highest BCUT2D eigenvalue weighted by molar-refractivity contribution is 5.84. The van der Waals surface area contributed by atoms with Gasteiger partial charge < -0.3 is 4.98 Å². The van der Waals surface area contributed by atoms with Crippen molar-refractivity contribution in [2.45, 2.75) is 43.9 Å². The number of rotatable bonds is 1. The first-order valence-corrected chi connectivity index (χ1v) is 7.89. The summed E-state index contributed by atoms with van der Waals surface area (Å²) >= 11 is 0. The van der Waals surface area contributed by atoms with Crippen LogP contribution in [0.4, 0.5) is 0 Å². The lowest BCUT2D eigenvalue weighted by molar-refractivity contribution is -0.00449. The van der Waals surface area contributed by atoms with E-state index >= 15 is 0 Å². The second kappa shape index (κ2) is 3.45. The van der Waals surface area contributed by atoms with Gasteiger partial charge in [-0.1, -0.05) is 18.2 Å². The summed E-state index contributed by atoms with van der Waals surface area (Å²) in [5, 5.41) is 1.49. The maximum atomic E-state index is 3.51. The maximum Gasteiger partial charge on any atom is 0.0457 e. The molecule has 4 aliphatic rings. The zero-order valence-electron chi connectivity index (χ0n) is 11.4. The SMILES string of the molecule is c1ccc2c(C34CC5CC(CC(C5)C3)C4)c[nH]c2c1. The zero-order valence-corrected chi connectivity index (χ0v) is 11.4. The first-order chi connectivity index (χ1) is 9.32. The summed E-state index contributed by atoms with van der Waals surface area (Å²) in [7, 11) is 0. The molecule has 1 heterocycles. The Hall–Kier alpha value is -1.24. The van der Waals surface area contributed by atoms with Crippen molar-refractivity contribution in [1.82, 2.24) is 4.98 Å². The number of nitrogens with one attached hydrogen (secondary N) is 1. The summed E-state index contributed by atoms with van der Waals surface area (Å²) < 4.78 is 0. The lowest BCUT2D eigenvalue weighted by Gasteiger charge is -2.57. The number of para-hydroxylation sites is 1. The van der Waals surface area contributed by atoms with Gasteiger partial charge in [0.1, 0.15) is 0 Å². The van der Waals surface area contributed by atoms with E-state index in [0.717, 1.165) is 17.8 Å². The smallest absolute Gasteiger partial charge is 0.0457 e. The van der Waals surface area contributed by atoms with Gasteiger partial charge >= 0.3 is 0 Å². The summed E-state index contributed by atoms with van der Waals surface area (Å²) in [6.45, 7) is 0. The fourth-order valence-corrected chi connectivity index (χ4v) is 5.95. The highest BCUT2D eigenvalue weighted by Crippen LogP contribution is 2.61. The van der Waals surface area contributed by atoms with Gasteiger partial charge in [-0.15, -0.1) is 0 Å². The Labute approximate surface area is 114 Å². The average molecular weight is 251 g/mol. The van der Waals surface area contributed by atoms with Crippen LogP contribution in [-0.4, -0.2) is 4.98 Å². The quantitative estimate of drug-likeness (QED) is 0.760. The highest BCUT2D eigenvalue weighted by Gasteiger charge is 2.52. The molecule has 0 amide bonds. The molecule has 19 heavy (non-hydrogen) atoms. The summed E-state index contributed by atoms with van der Waals surface area (Å²) in [5.74, 6) is 3.08. The van der Waals surface area contributed by atoms with Crippen LogP contribution in [0, 0.1) is 17.8 Å². The van der Waals surface area contributed by atoms with E-state index in [2.05, 4.69) is 35.4 Å². The lowest BCUT2D eigenvalue weighted by Crippen LogP contribution is -2.48. The van der Waals surface area contributed by atoms with Crippen molar-refractivity contribution >= 4 is 10.9 Å². The second-order valence-corrected chi connectivity index (χ2v) is 7.45. The van der Waals surface area contributed by atoms with Crippen LogP contribution in [0.15, 0.2) is 30.5 Å². The third kappa shape index (κ3) is 1.36. The Morgan fingerprint density at radius 3 is 2.21 bits per heavy atom. The first-order valence-electron chi connectivity index (χ1n) is 7.89. The van der Waals surface area contributed by atoms with Crippen LogP contribution in [0.5, 0.6) is 0 Å². The molecule has 0 spiro atoms. The van der Waals surface area contributed by atoms with E-state index in [1.165, 1.54) is 49.4 Å². The van der Waals surface area contributed by atoms with E-state index in [4.69, 9.17) is 0 Å². The molecule has 0 saturated heterocycles. The first kappa shape index (κ1) is 10.5. The minimum atomic E-state index is 0.522. The molecule has 1 aromatic carbocycles. The minimum absolute atomic E-state index is 0.522. The Balaban J connectivity index is 1.69. The molecular weight excluding hydrogens is 230 g/mol. The molecule has 1 aromatic heterocycles. The summed E-state index contributed by atoms with van der Waals surface area (Å²) in [5.41, 5.74) is 3.49. The number of aromatic nitrogens is 1. The van der Waals surface area contributed by atoms with Gasteiger partial charge in [0, 0.05) is 17.1 Å². The average Bonchev–Trinajstić information content (AvgIpc) is 2.81. The molecule has 98 valence electrons. The van der Waals surface area contributed by atoms with Gasteiger partial charge in [-0.2, -0.15) is 0 Å². The number of fused-ring (bicyclic) bond motifs is 1.